The highest BCUT2D eigenvalue weighted by Crippen LogP contribution is 2.35. The Labute approximate surface area is 193 Å². The third kappa shape index (κ3) is 5.75. The molecule has 0 spiro atoms. The van der Waals surface area contributed by atoms with Crippen LogP contribution in [0.25, 0.3) is 0 Å². The Balaban J connectivity index is 1.29. The molecule has 1 atom stereocenters. The Hall–Kier alpha value is -3.37. The number of anilines is 3. The van der Waals surface area contributed by atoms with Gasteiger partial charge in [-0.2, -0.15) is 13.2 Å². The van der Waals surface area contributed by atoms with Gasteiger partial charge in [0.25, 0.3) is 0 Å². The zero-order valence-electron chi connectivity index (χ0n) is 18.3. The van der Waals surface area contributed by atoms with E-state index in [1.165, 1.54) is 12.3 Å². The SMILES string of the molecule is O=C1CC(C(=O)NCc2ccc(Nc3cnc(N4CCC(C(F)(F)F)CC4)c(F)c3)cc2)CN1. The molecule has 2 aliphatic rings. The molecular formula is C23H25F4N5O2. The summed E-state index contributed by atoms with van der Waals surface area (Å²) in [6.07, 6.45) is -2.73. The summed E-state index contributed by atoms with van der Waals surface area (Å²) in [5.74, 6) is -2.56. The molecule has 0 bridgehead atoms. The molecule has 182 valence electrons. The summed E-state index contributed by atoms with van der Waals surface area (Å²) in [6, 6.07) is 8.43. The van der Waals surface area contributed by atoms with Gasteiger partial charge in [0.2, 0.25) is 11.8 Å². The second-order valence-electron chi connectivity index (χ2n) is 8.58. The Morgan fingerprint density at radius 3 is 2.44 bits per heavy atom. The van der Waals surface area contributed by atoms with Crippen LogP contribution in [0.1, 0.15) is 24.8 Å². The van der Waals surface area contributed by atoms with Crippen molar-refractivity contribution in [2.24, 2.45) is 11.8 Å². The van der Waals surface area contributed by atoms with Crippen LogP contribution in [0.2, 0.25) is 0 Å². The molecule has 2 amide bonds. The van der Waals surface area contributed by atoms with Crippen molar-refractivity contribution in [3.8, 4) is 0 Å². The first kappa shape index (κ1) is 23.8. The van der Waals surface area contributed by atoms with Crippen molar-refractivity contribution >= 4 is 29.0 Å². The van der Waals surface area contributed by atoms with Gasteiger partial charge in [0.05, 0.1) is 23.7 Å². The molecule has 2 aromatic rings. The topological polar surface area (TPSA) is 86.4 Å². The number of pyridine rings is 1. The van der Waals surface area contributed by atoms with Crippen LogP contribution in [0.4, 0.5) is 34.8 Å². The Morgan fingerprint density at radius 2 is 1.85 bits per heavy atom. The number of halogens is 4. The summed E-state index contributed by atoms with van der Waals surface area (Å²) in [5.41, 5.74) is 1.95. The third-order valence-electron chi connectivity index (χ3n) is 6.14. The van der Waals surface area contributed by atoms with E-state index in [9.17, 15) is 27.2 Å². The lowest BCUT2D eigenvalue weighted by Crippen LogP contribution is -2.39. The van der Waals surface area contributed by atoms with Crippen molar-refractivity contribution in [1.82, 2.24) is 15.6 Å². The standard InChI is InChI=1S/C23H25F4N5O2/c24-19-10-18(13-29-21(19)32-7-5-16(6-8-32)23(25,26)27)31-17-3-1-14(2-4-17)11-30-22(34)15-9-20(33)28-12-15/h1-4,10,13,15-16,31H,5-9,11-12H2,(H,28,33)(H,30,34). The monoisotopic (exact) mass is 479 g/mol. The maximum Gasteiger partial charge on any atom is 0.391 e. The molecule has 2 aliphatic heterocycles. The molecule has 1 aromatic heterocycles. The van der Waals surface area contributed by atoms with Gasteiger partial charge >= 0.3 is 6.18 Å². The van der Waals surface area contributed by atoms with Crippen LogP contribution >= 0.6 is 0 Å². The minimum atomic E-state index is -4.22. The highest BCUT2D eigenvalue weighted by molar-refractivity contribution is 5.89. The Kier molecular flexibility index (Phi) is 6.90. The van der Waals surface area contributed by atoms with E-state index in [0.717, 1.165) is 5.56 Å². The average molecular weight is 479 g/mol. The van der Waals surface area contributed by atoms with E-state index in [-0.39, 0.29) is 55.9 Å². The van der Waals surface area contributed by atoms with E-state index < -0.39 is 17.9 Å². The van der Waals surface area contributed by atoms with Crippen LogP contribution in [0.3, 0.4) is 0 Å². The number of carbonyl (C=O) groups is 2. The zero-order valence-corrected chi connectivity index (χ0v) is 18.3. The predicted molar refractivity (Wildman–Crippen MR) is 118 cm³/mol. The van der Waals surface area contributed by atoms with E-state index >= 15 is 0 Å². The van der Waals surface area contributed by atoms with E-state index in [2.05, 4.69) is 20.9 Å². The molecule has 7 nitrogen and oxygen atoms in total. The van der Waals surface area contributed by atoms with Crippen LogP contribution in [0, 0.1) is 17.7 Å². The molecule has 1 aromatic carbocycles. The molecule has 3 heterocycles. The van der Waals surface area contributed by atoms with Gasteiger partial charge in [-0.05, 0) is 30.5 Å². The number of piperidine rings is 1. The van der Waals surface area contributed by atoms with Crippen LogP contribution in [0.15, 0.2) is 36.5 Å². The number of nitrogens with zero attached hydrogens (tertiary/aromatic N) is 2. The molecule has 1 unspecified atom stereocenters. The van der Waals surface area contributed by atoms with Crippen molar-refractivity contribution in [2.45, 2.75) is 32.0 Å². The van der Waals surface area contributed by atoms with Gasteiger partial charge in [-0.3, -0.25) is 9.59 Å². The summed E-state index contributed by atoms with van der Waals surface area (Å²) >= 11 is 0. The van der Waals surface area contributed by atoms with Gasteiger partial charge in [0.1, 0.15) is 0 Å². The lowest BCUT2D eigenvalue weighted by Gasteiger charge is -2.33. The molecule has 0 saturated carbocycles. The van der Waals surface area contributed by atoms with Crippen LogP contribution in [-0.2, 0) is 16.1 Å². The summed E-state index contributed by atoms with van der Waals surface area (Å²) in [5, 5.41) is 8.48. The third-order valence-corrected chi connectivity index (χ3v) is 6.14. The lowest BCUT2D eigenvalue weighted by molar-refractivity contribution is -0.179. The molecular weight excluding hydrogens is 454 g/mol. The second-order valence-corrected chi connectivity index (χ2v) is 8.58. The minimum Gasteiger partial charge on any atom is -0.355 e. The number of amides is 2. The number of carbonyl (C=O) groups excluding carboxylic acids is 2. The first-order valence-corrected chi connectivity index (χ1v) is 11.1. The van der Waals surface area contributed by atoms with Crippen molar-refractivity contribution < 1.29 is 27.2 Å². The maximum absolute atomic E-state index is 14.6. The predicted octanol–water partition coefficient (Wildman–Crippen LogP) is 3.50. The van der Waals surface area contributed by atoms with Crippen molar-refractivity contribution in [2.75, 3.05) is 29.9 Å². The molecule has 4 rings (SSSR count). The van der Waals surface area contributed by atoms with Crippen molar-refractivity contribution in [3.63, 3.8) is 0 Å². The van der Waals surface area contributed by atoms with E-state index in [4.69, 9.17) is 0 Å². The first-order chi connectivity index (χ1) is 16.2. The molecule has 11 heteroatoms. The number of hydrogen-bond donors (Lipinski definition) is 3. The fraction of sp³-hybridized carbons (Fsp3) is 0.435. The van der Waals surface area contributed by atoms with Gasteiger partial charge < -0.3 is 20.9 Å². The fourth-order valence-electron chi connectivity index (χ4n) is 4.15. The number of aromatic nitrogens is 1. The molecule has 3 N–H and O–H groups in total. The normalized spacial score (nSPS) is 19.1. The number of benzene rings is 1. The van der Waals surface area contributed by atoms with Crippen molar-refractivity contribution in [1.29, 1.82) is 0 Å². The van der Waals surface area contributed by atoms with Gasteiger partial charge in [0, 0.05) is 44.4 Å². The van der Waals surface area contributed by atoms with Crippen LogP contribution in [0.5, 0.6) is 0 Å². The quantitative estimate of drug-likeness (QED) is 0.553. The summed E-state index contributed by atoms with van der Waals surface area (Å²) < 4.78 is 53.2. The number of hydrogen-bond acceptors (Lipinski definition) is 5. The summed E-state index contributed by atoms with van der Waals surface area (Å²) in [6.45, 7) is 0.876. The van der Waals surface area contributed by atoms with Gasteiger partial charge in [0.15, 0.2) is 11.6 Å². The van der Waals surface area contributed by atoms with Crippen LogP contribution < -0.4 is 20.9 Å². The number of nitrogens with one attached hydrogen (secondary N) is 3. The largest absolute Gasteiger partial charge is 0.391 e. The highest BCUT2D eigenvalue weighted by Gasteiger charge is 2.41. The molecule has 0 radical (unpaired) electrons. The zero-order chi connectivity index (χ0) is 24.3. The highest BCUT2D eigenvalue weighted by atomic mass is 19.4. The number of rotatable bonds is 6. The molecule has 34 heavy (non-hydrogen) atoms. The first-order valence-electron chi connectivity index (χ1n) is 11.1. The fourth-order valence-corrected chi connectivity index (χ4v) is 4.15. The maximum atomic E-state index is 14.6. The van der Waals surface area contributed by atoms with Crippen molar-refractivity contribution in [3.05, 3.63) is 47.9 Å². The number of alkyl halides is 3. The second kappa shape index (κ2) is 9.86. The van der Waals surface area contributed by atoms with E-state index in [1.807, 2.05) is 12.1 Å². The van der Waals surface area contributed by atoms with E-state index in [1.54, 1.807) is 17.0 Å². The van der Waals surface area contributed by atoms with Gasteiger partial charge in [-0.1, -0.05) is 12.1 Å². The molecule has 0 aliphatic carbocycles. The lowest BCUT2D eigenvalue weighted by atomic mass is 9.96. The molecule has 2 saturated heterocycles. The Morgan fingerprint density at radius 1 is 1.15 bits per heavy atom. The summed E-state index contributed by atoms with van der Waals surface area (Å²) in [4.78, 5) is 29.0. The van der Waals surface area contributed by atoms with E-state index in [0.29, 0.717) is 24.5 Å². The van der Waals surface area contributed by atoms with Gasteiger partial charge in [-0.25, -0.2) is 9.37 Å². The molecule has 2 fully saturated rings. The Bertz CT molecular complexity index is 1040. The average Bonchev–Trinajstić information content (AvgIpc) is 3.24. The van der Waals surface area contributed by atoms with Gasteiger partial charge in [-0.15, -0.1) is 0 Å². The minimum absolute atomic E-state index is 0.0522. The van der Waals surface area contributed by atoms with Crippen LogP contribution in [-0.4, -0.2) is 42.6 Å². The smallest absolute Gasteiger partial charge is 0.355 e. The summed E-state index contributed by atoms with van der Waals surface area (Å²) in [7, 11) is 0.